The minimum atomic E-state index is -3.63. The van der Waals surface area contributed by atoms with Gasteiger partial charge >= 0.3 is 0 Å². The molecular weight excluding hydrogens is 424 g/mol. The van der Waals surface area contributed by atoms with Crippen molar-refractivity contribution in [2.45, 2.75) is 36.6 Å². The Labute approximate surface area is 188 Å². The monoisotopic (exact) mass is 450 g/mol. The molecule has 2 aliphatic heterocycles. The normalized spacial score (nSPS) is 25.5. The molecule has 0 radical (unpaired) electrons. The van der Waals surface area contributed by atoms with Gasteiger partial charge in [0.15, 0.2) is 0 Å². The van der Waals surface area contributed by atoms with Crippen molar-refractivity contribution < 1.29 is 18.3 Å². The number of sulfonamides is 1. The summed E-state index contributed by atoms with van der Waals surface area (Å²) < 4.78 is 27.4. The zero-order valence-electron chi connectivity index (χ0n) is 17.7. The third kappa shape index (κ3) is 4.06. The summed E-state index contributed by atoms with van der Waals surface area (Å²) in [5.74, 6) is 6.49. The number of hydrogen-bond acceptors (Lipinski definition) is 4. The Hall–Kier alpha value is -2.66. The predicted molar refractivity (Wildman–Crippen MR) is 121 cm³/mol. The number of carbonyl (C=O) groups excluding carboxylic acids is 1. The van der Waals surface area contributed by atoms with Crippen LogP contribution in [0.15, 0.2) is 54.6 Å². The Morgan fingerprint density at radius 3 is 2.41 bits per heavy atom. The Morgan fingerprint density at radius 2 is 1.75 bits per heavy atom. The van der Waals surface area contributed by atoms with Gasteiger partial charge in [-0.1, -0.05) is 54.3 Å². The van der Waals surface area contributed by atoms with E-state index in [9.17, 15) is 18.3 Å². The Balaban J connectivity index is 1.35. The maximum atomic E-state index is 13.0. The molecule has 2 aromatic rings. The van der Waals surface area contributed by atoms with E-state index in [0.29, 0.717) is 11.5 Å². The van der Waals surface area contributed by atoms with E-state index in [2.05, 4.69) is 11.8 Å². The van der Waals surface area contributed by atoms with Crippen LogP contribution < -0.4 is 0 Å². The van der Waals surface area contributed by atoms with Crippen molar-refractivity contribution in [3.8, 4) is 11.8 Å². The fraction of sp³-hybridized carbons (Fsp3) is 0.400. The summed E-state index contributed by atoms with van der Waals surface area (Å²) in [5, 5.41) is 9.95. The first kappa shape index (κ1) is 21.2. The zero-order valence-corrected chi connectivity index (χ0v) is 18.5. The predicted octanol–water partition coefficient (Wildman–Crippen LogP) is 1.95. The van der Waals surface area contributed by atoms with Gasteiger partial charge in [-0.05, 0) is 36.1 Å². The van der Waals surface area contributed by atoms with Crippen molar-refractivity contribution in [1.82, 2.24) is 9.21 Å². The van der Waals surface area contributed by atoms with Crippen LogP contribution in [0.3, 0.4) is 0 Å². The maximum absolute atomic E-state index is 13.0. The molecule has 1 aliphatic carbocycles. The van der Waals surface area contributed by atoms with E-state index in [1.807, 2.05) is 30.3 Å². The first-order valence-electron chi connectivity index (χ1n) is 11.0. The van der Waals surface area contributed by atoms with E-state index in [1.165, 1.54) is 17.1 Å². The average Bonchev–Trinajstić information content (AvgIpc) is 3.59. The summed E-state index contributed by atoms with van der Waals surface area (Å²) >= 11 is 0. The summed E-state index contributed by atoms with van der Waals surface area (Å²) in [6.07, 6.45) is 2.36. The molecule has 3 fully saturated rings. The van der Waals surface area contributed by atoms with Gasteiger partial charge in [-0.15, -0.1) is 0 Å². The Morgan fingerprint density at radius 1 is 1.03 bits per heavy atom. The maximum Gasteiger partial charge on any atom is 0.238 e. The number of amides is 1. The lowest BCUT2D eigenvalue weighted by Gasteiger charge is -2.58. The average molecular weight is 451 g/mol. The molecule has 1 N–H and O–H groups in total. The molecule has 3 aliphatic rings. The fourth-order valence-electron chi connectivity index (χ4n) is 4.76. The number of aliphatic hydroxyl groups excluding tert-OH is 1. The van der Waals surface area contributed by atoms with Crippen molar-refractivity contribution in [3.63, 3.8) is 0 Å². The third-order valence-corrected chi connectivity index (χ3v) is 8.36. The molecule has 2 heterocycles. The molecule has 5 rings (SSSR count). The van der Waals surface area contributed by atoms with Gasteiger partial charge in [0, 0.05) is 23.9 Å². The summed E-state index contributed by atoms with van der Waals surface area (Å²) in [4.78, 5) is 14.5. The number of fused-ring (bicyclic) bond motifs is 1. The third-order valence-electron chi connectivity index (χ3n) is 6.60. The standard InChI is InChI=1S/C25H26N2O4S/c28-16-23-25(21-12-10-19(11-13-21)9-8-18-6-7-18)22-14-26(15-24(29)27(22)23)32(30,31)17-20-4-2-1-3-5-20/h1-5,10-13,18,22-23,25,28H,6-7,14-17H2/t22-,23+,25+/m0/s1. The summed E-state index contributed by atoms with van der Waals surface area (Å²) in [6.45, 7) is -0.0806. The molecule has 0 bridgehead atoms. The molecule has 1 saturated carbocycles. The second-order valence-electron chi connectivity index (χ2n) is 8.84. The van der Waals surface area contributed by atoms with E-state index in [0.717, 1.165) is 11.1 Å². The summed E-state index contributed by atoms with van der Waals surface area (Å²) in [7, 11) is -3.63. The van der Waals surface area contributed by atoms with Crippen LogP contribution >= 0.6 is 0 Å². The van der Waals surface area contributed by atoms with Gasteiger partial charge in [0.2, 0.25) is 15.9 Å². The minimum Gasteiger partial charge on any atom is -0.394 e. The summed E-state index contributed by atoms with van der Waals surface area (Å²) in [5.41, 5.74) is 2.64. The highest BCUT2D eigenvalue weighted by molar-refractivity contribution is 7.88. The first-order valence-corrected chi connectivity index (χ1v) is 12.6. The molecule has 7 heteroatoms. The van der Waals surface area contributed by atoms with Crippen LogP contribution in [0.5, 0.6) is 0 Å². The topological polar surface area (TPSA) is 77.9 Å². The largest absolute Gasteiger partial charge is 0.394 e. The molecule has 0 unspecified atom stereocenters. The molecule has 2 aromatic carbocycles. The van der Waals surface area contributed by atoms with Crippen LogP contribution in [0.2, 0.25) is 0 Å². The van der Waals surface area contributed by atoms with Gasteiger partial charge < -0.3 is 10.0 Å². The molecule has 32 heavy (non-hydrogen) atoms. The number of carbonyl (C=O) groups is 1. The molecule has 1 amide bonds. The Bertz CT molecular complexity index is 1160. The molecule has 166 valence electrons. The lowest BCUT2D eigenvalue weighted by Crippen LogP contribution is -2.73. The van der Waals surface area contributed by atoms with Gasteiger partial charge in [-0.3, -0.25) is 4.79 Å². The van der Waals surface area contributed by atoms with Crippen LogP contribution in [-0.2, 0) is 20.6 Å². The minimum absolute atomic E-state index is 0.107. The highest BCUT2D eigenvalue weighted by Gasteiger charge is 2.55. The molecule has 2 saturated heterocycles. The van der Waals surface area contributed by atoms with Crippen LogP contribution in [0, 0.1) is 17.8 Å². The van der Waals surface area contributed by atoms with Crippen LogP contribution in [-0.4, -0.2) is 60.4 Å². The zero-order chi connectivity index (χ0) is 22.3. The second-order valence-corrected chi connectivity index (χ2v) is 10.8. The SMILES string of the molecule is O=C1CN(S(=O)(=O)Cc2ccccc2)C[C@H]2[C@@H](c3ccc(C#CC4CC4)cc3)[C@@H](CO)N12. The number of piperazine rings is 1. The van der Waals surface area contributed by atoms with E-state index in [4.69, 9.17) is 0 Å². The number of aliphatic hydroxyl groups is 1. The van der Waals surface area contributed by atoms with Crippen molar-refractivity contribution in [2.24, 2.45) is 5.92 Å². The number of hydrogen-bond donors (Lipinski definition) is 1. The molecule has 0 aromatic heterocycles. The van der Waals surface area contributed by atoms with Gasteiger partial charge in [0.05, 0.1) is 31.0 Å². The van der Waals surface area contributed by atoms with Crippen molar-refractivity contribution >= 4 is 15.9 Å². The molecular formula is C25H26N2O4S. The quantitative estimate of drug-likeness (QED) is 0.707. The highest BCUT2D eigenvalue weighted by Crippen LogP contribution is 2.43. The smallest absolute Gasteiger partial charge is 0.238 e. The van der Waals surface area contributed by atoms with Gasteiger partial charge in [0.25, 0.3) is 0 Å². The fourth-order valence-corrected chi connectivity index (χ4v) is 6.24. The summed E-state index contributed by atoms with van der Waals surface area (Å²) in [6, 6.07) is 16.3. The molecule has 0 spiro atoms. The highest BCUT2D eigenvalue weighted by atomic mass is 32.2. The van der Waals surface area contributed by atoms with Gasteiger partial charge in [0.1, 0.15) is 0 Å². The number of nitrogens with zero attached hydrogens (tertiary/aromatic N) is 2. The number of benzene rings is 2. The van der Waals surface area contributed by atoms with Gasteiger partial charge in [-0.25, -0.2) is 8.42 Å². The Kier molecular flexibility index (Phi) is 5.54. The molecule has 6 nitrogen and oxygen atoms in total. The lowest BCUT2D eigenvalue weighted by atomic mass is 9.74. The lowest BCUT2D eigenvalue weighted by molar-refractivity contribution is -0.158. The van der Waals surface area contributed by atoms with E-state index in [-0.39, 0.29) is 49.4 Å². The van der Waals surface area contributed by atoms with E-state index in [1.54, 1.807) is 29.2 Å². The van der Waals surface area contributed by atoms with Crippen LogP contribution in [0.1, 0.15) is 35.4 Å². The van der Waals surface area contributed by atoms with Crippen LogP contribution in [0.4, 0.5) is 0 Å². The van der Waals surface area contributed by atoms with Crippen molar-refractivity contribution in [3.05, 3.63) is 71.3 Å². The van der Waals surface area contributed by atoms with E-state index < -0.39 is 10.0 Å². The van der Waals surface area contributed by atoms with Crippen LogP contribution in [0.25, 0.3) is 0 Å². The number of rotatable bonds is 5. The van der Waals surface area contributed by atoms with Crippen molar-refractivity contribution in [2.75, 3.05) is 19.7 Å². The van der Waals surface area contributed by atoms with E-state index >= 15 is 0 Å². The first-order chi connectivity index (χ1) is 15.5. The van der Waals surface area contributed by atoms with Gasteiger partial charge in [-0.2, -0.15) is 4.31 Å². The second kappa shape index (κ2) is 8.36. The van der Waals surface area contributed by atoms with Crippen molar-refractivity contribution in [1.29, 1.82) is 0 Å². The molecule has 3 atom stereocenters.